The summed E-state index contributed by atoms with van der Waals surface area (Å²) in [7, 11) is 0. The number of halogens is 2. The Labute approximate surface area is 137 Å². The number of hydrogen-bond donors (Lipinski definition) is 1. The van der Waals surface area contributed by atoms with Gasteiger partial charge in [-0.05, 0) is 24.3 Å². The highest BCUT2D eigenvalue weighted by atomic mass is 19.2. The Hall–Kier alpha value is -2.96. The Balaban J connectivity index is 1.61. The van der Waals surface area contributed by atoms with Crippen molar-refractivity contribution in [3.63, 3.8) is 0 Å². The van der Waals surface area contributed by atoms with E-state index in [-0.39, 0.29) is 18.3 Å². The van der Waals surface area contributed by atoms with E-state index in [2.05, 4.69) is 5.32 Å². The van der Waals surface area contributed by atoms with Gasteiger partial charge in [0.2, 0.25) is 5.91 Å². The van der Waals surface area contributed by atoms with Crippen LogP contribution in [0.3, 0.4) is 0 Å². The van der Waals surface area contributed by atoms with Crippen LogP contribution in [-0.2, 0) is 4.79 Å². The number of urea groups is 1. The predicted octanol–water partition coefficient (Wildman–Crippen LogP) is 2.85. The molecule has 1 aliphatic rings. The van der Waals surface area contributed by atoms with Crippen LogP contribution in [-0.4, -0.2) is 36.5 Å². The molecule has 0 radical (unpaired) electrons. The number of para-hydroxylation sites is 1. The largest absolute Gasteiger partial charge is 0.325 e. The lowest BCUT2D eigenvalue weighted by Crippen LogP contribution is -2.37. The van der Waals surface area contributed by atoms with Gasteiger partial charge in [0, 0.05) is 30.5 Å². The van der Waals surface area contributed by atoms with E-state index in [1.54, 1.807) is 4.90 Å². The van der Waals surface area contributed by atoms with Crippen LogP contribution in [0.25, 0.3) is 0 Å². The topological polar surface area (TPSA) is 52.7 Å². The zero-order valence-electron chi connectivity index (χ0n) is 12.7. The number of anilines is 2. The first-order valence-electron chi connectivity index (χ1n) is 7.41. The molecule has 1 N–H and O–H groups in total. The lowest BCUT2D eigenvalue weighted by atomic mass is 10.3. The molecule has 1 aliphatic heterocycles. The van der Waals surface area contributed by atoms with E-state index in [0.29, 0.717) is 13.1 Å². The maximum atomic E-state index is 13.1. The average molecular weight is 331 g/mol. The standard InChI is InChI=1S/C17H15F2N3O2/c18-14-7-6-12(10-15(14)19)20-16(23)11-21-8-9-22(17(21)24)13-4-2-1-3-5-13/h1-7,10H,8-9,11H2,(H,20,23). The quantitative estimate of drug-likeness (QED) is 0.937. The Bertz CT molecular complexity index is 768. The maximum Gasteiger partial charge on any atom is 0.325 e. The van der Waals surface area contributed by atoms with E-state index in [9.17, 15) is 18.4 Å². The average Bonchev–Trinajstić information content (AvgIpc) is 2.92. The second-order valence-electron chi connectivity index (χ2n) is 5.37. The first-order chi connectivity index (χ1) is 11.5. The van der Waals surface area contributed by atoms with Crippen LogP contribution >= 0.6 is 0 Å². The van der Waals surface area contributed by atoms with E-state index in [1.165, 1.54) is 11.0 Å². The first-order valence-corrected chi connectivity index (χ1v) is 7.41. The zero-order chi connectivity index (χ0) is 17.1. The Morgan fingerprint density at radius 3 is 2.50 bits per heavy atom. The number of amides is 3. The van der Waals surface area contributed by atoms with Crippen molar-refractivity contribution in [1.82, 2.24) is 4.90 Å². The molecular weight excluding hydrogens is 316 g/mol. The van der Waals surface area contributed by atoms with Crippen LogP contribution in [0.4, 0.5) is 25.0 Å². The summed E-state index contributed by atoms with van der Waals surface area (Å²) >= 11 is 0. The predicted molar refractivity (Wildman–Crippen MR) is 85.7 cm³/mol. The summed E-state index contributed by atoms with van der Waals surface area (Å²) in [6.45, 7) is 0.751. The van der Waals surface area contributed by atoms with Crippen LogP contribution in [0.2, 0.25) is 0 Å². The molecule has 5 nitrogen and oxygen atoms in total. The maximum absolute atomic E-state index is 13.1. The molecule has 7 heteroatoms. The van der Waals surface area contributed by atoms with Gasteiger partial charge in [-0.3, -0.25) is 9.69 Å². The molecular formula is C17H15F2N3O2. The van der Waals surface area contributed by atoms with Crippen LogP contribution in [0.5, 0.6) is 0 Å². The monoisotopic (exact) mass is 331 g/mol. The van der Waals surface area contributed by atoms with Crippen molar-refractivity contribution >= 4 is 23.3 Å². The van der Waals surface area contributed by atoms with Gasteiger partial charge in [-0.25, -0.2) is 13.6 Å². The lowest BCUT2D eigenvalue weighted by Gasteiger charge is -2.18. The van der Waals surface area contributed by atoms with Crippen molar-refractivity contribution in [2.75, 3.05) is 29.9 Å². The number of rotatable bonds is 4. The second-order valence-corrected chi connectivity index (χ2v) is 5.37. The fourth-order valence-corrected chi connectivity index (χ4v) is 2.52. The number of hydrogen-bond acceptors (Lipinski definition) is 2. The van der Waals surface area contributed by atoms with Crippen molar-refractivity contribution < 1.29 is 18.4 Å². The van der Waals surface area contributed by atoms with Crippen molar-refractivity contribution in [1.29, 1.82) is 0 Å². The van der Waals surface area contributed by atoms with Gasteiger partial charge in [0.25, 0.3) is 0 Å². The summed E-state index contributed by atoms with van der Waals surface area (Å²) in [6, 6.07) is 12.0. The fraction of sp³-hybridized carbons (Fsp3) is 0.176. The molecule has 0 aromatic heterocycles. The van der Waals surface area contributed by atoms with Gasteiger partial charge in [0.15, 0.2) is 11.6 Å². The summed E-state index contributed by atoms with van der Waals surface area (Å²) in [5, 5.41) is 2.45. The second kappa shape index (κ2) is 6.66. The van der Waals surface area contributed by atoms with Crippen LogP contribution in [0.1, 0.15) is 0 Å². The minimum atomic E-state index is -1.04. The van der Waals surface area contributed by atoms with E-state index in [0.717, 1.165) is 17.8 Å². The third-order valence-corrected chi connectivity index (χ3v) is 3.70. The van der Waals surface area contributed by atoms with Gasteiger partial charge in [-0.2, -0.15) is 0 Å². The SMILES string of the molecule is O=C(CN1CCN(c2ccccc2)C1=O)Nc1ccc(F)c(F)c1. The summed E-state index contributed by atoms with van der Waals surface area (Å²) in [5.74, 6) is -2.49. The third-order valence-electron chi connectivity index (χ3n) is 3.70. The number of nitrogens with one attached hydrogen (secondary N) is 1. The van der Waals surface area contributed by atoms with Gasteiger partial charge < -0.3 is 10.2 Å². The van der Waals surface area contributed by atoms with Gasteiger partial charge >= 0.3 is 6.03 Å². The molecule has 2 aromatic rings. The van der Waals surface area contributed by atoms with Crippen molar-refractivity contribution in [2.24, 2.45) is 0 Å². The molecule has 0 bridgehead atoms. The normalized spacial score (nSPS) is 14.2. The van der Waals surface area contributed by atoms with Gasteiger partial charge in [0.05, 0.1) is 0 Å². The molecule has 2 aromatic carbocycles. The molecule has 124 valence electrons. The van der Waals surface area contributed by atoms with Crippen molar-refractivity contribution in [2.45, 2.75) is 0 Å². The Kier molecular flexibility index (Phi) is 4.41. The molecule has 1 fully saturated rings. The van der Waals surface area contributed by atoms with E-state index >= 15 is 0 Å². The minimum absolute atomic E-state index is 0.144. The highest BCUT2D eigenvalue weighted by molar-refractivity contribution is 5.99. The lowest BCUT2D eigenvalue weighted by molar-refractivity contribution is -0.116. The number of carbonyl (C=O) groups is 2. The van der Waals surface area contributed by atoms with Crippen LogP contribution in [0.15, 0.2) is 48.5 Å². The van der Waals surface area contributed by atoms with E-state index < -0.39 is 17.5 Å². The zero-order valence-corrected chi connectivity index (χ0v) is 12.7. The van der Waals surface area contributed by atoms with Crippen LogP contribution < -0.4 is 10.2 Å². The van der Waals surface area contributed by atoms with Gasteiger partial charge in [-0.15, -0.1) is 0 Å². The summed E-state index contributed by atoms with van der Waals surface area (Å²) in [6.07, 6.45) is 0. The molecule has 1 saturated heterocycles. The molecule has 24 heavy (non-hydrogen) atoms. The summed E-state index contributed by atoms with van der Waals surface area (Å²) in [4.78, 5) is 27.4. The molecule has 1 heterocycles. The Morgan fingerprint density at radius 2 is 1.79 bits per heavy atom. The Morgan fingerprint density at radius 1 is 1.04 bits per heavy atom. The number of carbonyl (C=O) groups excluding carboxylic acids is 2. The van der Waals surface area contributed by atoms with E-state index in [4.69, 9.17) is 0 Å². The molecule has 3 amide bonds. The minimum Gasteiger partial charge on any atom is -0.324 e. The summed E-state index contributed by atoms with van der Waals surface area (Å²) < 4.78 is 26.0. The molecule has 0 atom stereocenters. The fourth-order valence-electron chi connectivity index (χ4n) is 2.52. The first kappa shape index (κ1) is 15.9. The molecule has 0 saturated carbocycles. The highest BCUT2D eigenvalue weighted by Crippen LogP contribution is 2.20. The summed E-state index contributed by atoms with van der Waals surface area (Å²) in [5.41, 5.74) is 0.913. The third kappa shape index (κ3) is 3.34. The van der Waals surface area contributed by atoms with Gasteiger partial charge in [-0.1, -0.05) is 18.2 Å². The molecule has 0 aliphatic carbocycles. The molecule has 3 rings (SSSR count). The molecule has 0 unspecified atom stereocenters. The highest BCUT2D eigenvalue weighted by Gasteiger charge is 2.30. The number of nitrogens with zero attached hydrogens (tertiary/aromatic N) is 2. The van der Waals surface area contributed by atoms with Crippen molar-refractivity contribution in [3.05, 3.63) is 60.2 Å². The molecule has 0 spiro atoms. The smallest absolute Gasteiger partial charge is 0.324 e. The van der Waals surface area contributed by atoms with Crippen molar-refractivity contribution in [3.8, 4) is 0 Å². The number of benzene rings is 2. The van der Waals surface area contributed by atoms with Crippen LogP contribution in [0, 0.1) is 11.6 Å². The van der Waals surface area contributed by atoms with Gasteiger partial charge in [0.1, 0.15) is 6.54 Å². The van der Waals surface area contributed by atoms with E-state index in [1.807, 2.05) is 30.3 Å².